The summed E-state index contributed by atoms with van der Waals surface area (Å²) >= 11 is 4.87. The molecule has 3 aromatic rings. The summed E-state index contributed by atoms with van der Waals surface area (Å²) in [5, 5.41) is 0. The summed E-state index contributed by atoms with van der Waals surface area (Å²) < 4.78 is 9.92. The molecule has 108 valence electrons. The molecule has 0 spiro atoms. The predicted molar refractivity (Wildman–Crippen MR) is 94.0 cm³/mol. The highest BCUT2D eigenvalue weighted by atomic mass is 79.9. The van der Waals surface area contributed by atoms with E-state index in [0.29, 0.717) is 0 Å². The Morgan fingerprint density at radius 3 is 2.24 bits per heavy atom. The number of hydrogen-bond donors (Lipinski definition) is 0. The predicted octanol–water partition coefficient (Wildman–Crippen LogP) is 5.73. The summed E-state index contributed by atoms with van der Waals surface area (Å²) in [4.78, 5) is 0. The van der Waals surface area contributed by atoms with E-state index in [1.807, 2.05) is 0 Å². The molecule has 0 N–H and O–H groups in total. The minimum Gasteiger partial charge on any atom is -0.172 e. The van der Waals surface area contributed by atoms with Gasteiger partial charge in [0.25, 0.3) is 0 Å². The fourth-order valence-corrected chi connectivity index (χ4v) is 3.49. The zero-order valence-corrected chi connectivity index (χ0v) is 15.0. The molecule has 0 radical (unpaired) electrons. The Bertz CT molecular complexity index is 798. The highest BCUT2D eigenvalue weighted by Gasteiger charge is 2.16. The van der Waals surface area contributed by atoms with E-state index < -0.39 is 0 Å². The van der Waals surface area contributed by atoms with Crippen LogP contribution in [-0.2, 0) is 5.41 Å². The Balaban J connectivity index is 2.17. The fourth-order valence-electron chi connectivity index (χ4n) is 2.41. The van der Waals surface area contributed by atoms with Gasteiger partial charge in [-0.2, -0.15) is 8.75 Å². The molecule has 2 aromatic carbocycles. The molecule has 0 fully saturated rings. The van der Waals surface area contributed by atoms with Crippen LogP contribution in [0.5, 0.6) is 0 Å². The molecular formula is C17H17BrN2S. The normalized spacial score (nSPS) is 12.0. The number of nitrogens with zero attached hydrogens (tertiary/aromatic N) is 2. The first kappa shape index (κ1) is 14.7. The van der Waals surface area contributed by atoms with Crippen LogP contribution >= 0.6 is 27.7 Å². The van der Waals surface area contributed by atoms with Gasteiger partial charge in [0, 0.05) is 10.0 Å². The number of aromatic nitrogens is 2. The van der Waals surface area contributed by atoms with Gasteiger partial charge in [-0.3, -0.25) is 0 Å². The lowest BCUT2D eigenvalue weighted by molar-refractivity contribution is 0.590. The van der Waals surface area contributed by atoms with Gasteiger partial charge >= 0.3 is 0 Å². The number of rotatable bonds is 1. The van der Waals surface area contributed by atoms with E-state index in [4.69, 9.17) is 0 Å². The van der Waals surface area contributed by atoms with E-state index in [9.17, 15) is 0 Å². The minimum absolute atomic E-state index is 0.172. The topological polar surface area (TPSA) is 25.8 Å². The number of hydrogen-bond acceptors (Lipinski definition) is 3. The third-order valence-electron chi connectivity index (χ3n) is 3.72. The Morgan fingerprint density at radius 1 is 1.00 bits per heavy atom. The molecule has 0 aliphatic carbocycles. The van der Waals surface area contributed by atoms with Crippen molar-refractivity contribution in [2.45, 2.75) is 33.1 Å². The first-order chi connectivity index (χ1) is 9.88. The van der Waals surface area contributed by atoms with Gasteiger partial charge in [0.15, 0.2) is 0 Å². The third-order valence-corrected chi connectivity index (χ3v) is 5.25. The summed E-state index contributed by atoms with van der Waals surface area (Å²) in [5.41, 5.74) is 6.97. The zero-order valence-electron chi connectivity index (χ0n) is 12.6. The zero-order chi connectivity index (χ0) is 15.2. The van der Waals surface area contributed by atoms with Gasteiger partial charge in [-0.05, 0) is 51.0 Å². The molecule has 1 aromatic heterocycles. The largest absolute Gasteiger partial charge is 0.172 e. The van der Waals surface area contributed by atoms with Crippen LogP contribution in [0.4, 0.5) is 0 Å². The van der Waals surface area contributed by atoms with Crippen molar-refractivity contribution in [3.63, 3.8) is 0 Å². The van der Waals surface area contributed by atoms with E-state index in [1.165, 1.54) is 28.4 Å². The second-order valence-corrected chi connectivity index (χ2v) is 7.67. The molecule has 0 unspecified atom stereocenters. The van der Waals surface area contributed by atoms with Crippen molar-refractivity contribution in [1.29, 1.82) is 0 Å². The second kappa shape index (κ2) is 5.18. The summed E-state index contributed by atoms with van der Waals surface area (Å²) in [6, 6.07) is 11.0. The van der Waals surface area contributed by atoms with Crippen LogP contribution in [0.3, 0.4) is 0 Å². The molecule has 0 aliphatic rings. The van der Waals surface area contributed by atoms with E-state index in [2.05, 4.69) is 82.7 Å². The minimum atomic E-state index is 0.172. The average molecular weight is 361 g/mol. The third kappa shape index (κ3) is 2.62. The first-order valence-electron chi connectivity index (χ1n) is 6.90. The molecule has 21 heavy (non-hydrogen) atoms. The van der Waals surface area contributed by atoms with E-state index in [1.54, 1.807) is 0 Å². The average Bonchev–Trinajstić information content (AvgIpc) is 2.92. The van der Waals surface area contributed by atoms with Crippen LogP contribution in [0.25, 0.3) is 22.2 Å². The summed E-state index contributed by atoms with van der Waals surface area (Å²) in [6.45, 7) is 8.78. The van der Waals surface area contributed by atoms with E-state index in [0.717, 1.165) is 21.1 Å². The number of fused-ring (bicyclic) bond motifs is 1. The van der Waals surface area contributed by atoms with Crippen molar-refractivity contribution in [2.24, 2.45) is 0 Å². The molecular weight excluding hydrogens is 344 g/mol. The van der Waals surface area contributed by atoms with Crippen molar-refractivity contribution in [3.8, 4) is 11.1 Å². The van der Waals surface area contributed by atoms with Crippen LogP contribution in [0.2, 0.25) is 0 Å². The van der Waals surface area contributed by atoms with Crippen molar-refractivity contribution in [2.75, 3.05) is 0 Å². The molecule has 4 heteroatoms. The van der Waals surface area contributed by atoms with E-state index >= 15 is 0 Å². The monoisotopic (exact) mass is 360 g/mol. The standard InChI is InChI=1S/C17H17BrN2S/c1-10-9-13(15-16(14(10)18)20-21-19-15)11-5-7-12(8-6-11)17(2,3)4/h5-9H,1-4H3. The maximum atomic E-state index is 4.47. The Labute approximate surface area is 137 Å². The second-order valence-electron chi connectivity index (χ2n) is 6.34. The van der Waals surface area contributed by atoms with Crippen molar-refractivity contribution < 1.29 is 0 Å². The maximum absolute atomic E-state index is 4.47. The number of aryl methyl sites for hydroxylation is 1. The summed E-state index contributed by atoms with van der Waals surface area (Å²) in [5.74, 6) is 0. The van der Waals surface area contributed by atoms with Crippen LogP contribution in [0.1, 0.15) is 31.9 Å². The Hall–Kier alpha value is -1.26. The number of halogens is 1. The molecule has 0 amide bonds. The van der Waals surface area contributed by atoms with Gasteiger partial charge in [-0.15, -0.1) is 0 Å². The smallest absolute Gasteiger partial charge is 0.119 e. The Kier molecular flexibility index (Phi) is 3.62. The first-order valence-corrected chi connectivity index (χ1v) is 8.42. The van der Waals surface area contributed by atoms with Crippen molar-refractivity contribution >= 4 is 38.7 Å². The van der Waals surface area contributed by atoms with Gasteiger partial charge in [0.1, 0.15) is 11.0 Å². The van der Waals surface area contributed by atoms with E-state index in [-0.39, 0.29) is 5.41 Å². The number of benzene rings is 2. The quantitative estimate of drug-likeness (QED) is 0.553. The lowest BCUT2D eigenvalue weighted by Crippen LogP contribution is -2.10. The molecule has 0 saturated heterocycles. The lowest BCUT2D eigenvalue weighted by atomic mass is 9.86. The summed E-state index contributed by atoms with van der Waals surface area (Å²) in [7, 11) is 0. The van der Waals surface area contributed by atoms with Crippen molar-refractivity contribution in [3.05, 3.63) is 45.9 Å². The molecule has 3 rings (SSSR count). The van der Waals surface area contributed by atoms with Crippen LogP contribution < -0.4 is 0 Å². The van der Waals surface area contributed by atoms with Gasteiger partial charge in [-0.1, -0.05) is 45.0 Å². The highest BCUT2D eigenvalue weighted by Crippen LogP contribution is 2.35. The van der Waals surface area contributed by atoms with Crippen LogP contribution in [-0.4, -0.2) is 8.75 Å². The highest BCUT2D eigenvalue weighted by molar-refractivity contribution is 9.10. The van der Waals surface area contributed by atoms with Gasteiger partial charge in [0.2, 0.25) is 0 Å². The van der Waals surface area contributed by atoms with Gasteiger partial charge < -0.3 is 0 Å². The molecule has 0 aliphatic heterocycles. The van der Waals surface area contributed by atoms with Crippen LogP contribution in [0, 0.1) is 6.92 Å². The van der Waals surface area contributed by atoms with Crippen molar-refractivity contribution in [1.82, 2.24) is 8.75 Å². The summed E-state index contributed by atoms with van der Waals surface area (Å²) in [6.07, 6.45) is 0. The molecule has 2 nitrogen and oxygen atoms in total. The van der Waals surface area contributed by atoms with Crippen LogP contribution in [0.15, 0.2) is 34.8 Å². The van der Waals surface area contributed by atoms with Gasteiger partial charge in [-0.25, -0.2) is 0 Å². The molecule has 0 saturated carbocycles. The maximum Gasteiger partial charge on any atom is 0.119 e. The molecule has 1 heterocycles. The Morgan fingerprint density at radius 2 is 1.62 bits per heavy atom. The fraction of sp³-hybridized carbons (Fsp3) is 0.294. The molecule has 0 atom stereocenters. The molecule has 0 bridgehead atoms. The van der Waals surface area contributed by atoms with Gasteiger partial charge in [0.05, 0.1) is 11.7 Å². The lowest BCUT2D eigenvalue weighted by Gasteiger charge is -2.19. The SMILES string of the molecule is Cc1cc(-c2ccc(C(C)(C)C)cc2)c2nsnc2c1Br.